The summed E-state index contributed by atoms with van der Waals surface area (Å²) in [7, 11) is -1.58. The minimum atomic E-state index is -4.16. The van der Waals surface area contributed by atoms with E-state index in [2.05, 4.69) is 58.1 Å². The highest BCUT2D eigenvalue weighted by atomic mass is 32.3. The van der Waals surface area contributed by atoms with Crippen LogP contribution in [0.15, 0.2) is 42.2 Å². The van der Waals surface area contributed by atoms with E-state index >= 15 is 0 Å². The first-order valence-electron chi connectivity index (χ1n) is 7.90. The van der Waals surface area contributed by atoms with Crippen molar-refractivity contribution in [3.63, 3.8) is 0 Å². The van der Waals surface area contributed by atoms with Gasteiger partial charge < -0.3 is 4.74 Å². The van der Waals surface area contributed by atoms with E-state index in [9.17, 15) is 8.42 Å². The fourth-order valence-corrected chi connectivity index (χ4v) is 3.76. The molecule has 0 saturated carbocycles. The van der Waals surface area contributed by atoms with Gasteiger partial charge in [-0.2, -0.15) is 13.0 Å². The summed E-state index contributed by atoms with van der Waals surface area (Å²) in [6.45, 7) is 5.13. The van der Waals surface area contributed by atoms with E-state index in [0.717, 1.165) is 19.4 Å². The van der Waals surface area contributed by atoms with Crippen molar-refractivity contribution in [3.8, 4) is 0 Å². The molecule has 0 unspecified atom stereocenters. The summed E-state index contributed by atoms with van der Waals surface area (Å²) in [6.07, 6.45) is 2.11. The van der Waals surface area contributed by atoms with Crippen LogP contribution in [-0.4, -0.2) is 27.2 Å². The predicted molar refractivity (Wildman–Crippen MR) is 104 cm³/mol. The highest BCUT2D eigenvalue weighted by molar-refractivity contribution is 7.80. The molecule has 0 spiro atoms. The Labute approximate surface area is 157 Å². The summed E-state index contributed by atoms with van der Waals surface area (Å²) in [6, 6.07) is 13.0. The minimum absolute atomic E-state index is 0.870. The summed E-state index contributed by atoms with van der Waals surface area (Å²) in [5.41, 5.74) is 1.32. The number of nitrogens with zero attached hydrogens (tertiary/aromatic N) is 1. The van der Waals surface area contributed by atoms with Crippen LogP contribution in [0.2, 0.25) is 0 Å². The van der Waals surface area contributed by atoms with Crippen molar-refractivity contribution in [2.75, 3.05) is 14.2 Å². The number of thiazole rings is 1. The summed E-state index contributed by atoms with van der Waals surface area (Å²) >= 11 is 1.81. The van der Waals surface area contributed by atoms with Crippen LogP contribution >= 0.6 is 11.3 Å². The molecule has 1 heterocycles. The molecule has 1 aromatic heterocycles. The molecular weight excluding hydrogens is 374 g/mol. The normalized spacial score (nSPS) is 12.1. The van der Waals surface area contributed by atoms with E-state index in [1.807, 2.05) is 18.3 Å². The average molecular weight is 397 g/mol. The number of aromatic nitrogens is 1. The van der Waals surface area contributed by atoms with Gasteiger partial charge in [0.25, 0.3) is 5.01 Å². The number of ether oxygens (including phenoxy) is 1. The second-order valence-electron chi connectivity index (χ2n) is 5.37. The van der Waals surface area contributed by atoms with Crippen LogP contribution in [0.5, 0.6) is 0 Å². The van der Waals surface area contributed by atoms with E-state index in [0.29, 0.717) is 0 Å². The molecule has 8 heteroatoms. The molecule has 1 N–H and O–H groups in total. The molecule has 0 saturated heterocycles. The maximum Gasteiger partial charge on any atom is 0.397 e. The number of fused-ring (bicyclic) bond motifs is 3. The van der Waals surface area contributed by atoms with Gasteiger partial charge in [0.15, 0.2) is 0 Å². The third kappa shape index (κ3) is 4.79. The fraction of sp³-hybridized carbons (Fsp3) is 0.278. The van der Waals surface area contributed by atoms with Crippen molar-refractivity contribution < 1.29 is 26.5 Å². The van der Waals surface area contributed by atoms with Crippen LogP contribution in [-0.2, 0) is 25.9 Å². The first-order chi connectivity index (χ1) is 12.3. The predicted octanol–water partition coefficient (Wildman–Crippen LogP) is 3.80. The summed E-state index contributed by atoms with van der Waals surface area (Å²) in [5.74, 6) is 0.933. The second-order valence-corrected chi connectivity index (χ2v) is 7.62. The van der Waals surface area contributed by atoms with Crippen molar-refractivity contribution >= 4 is 48.8 Å². The monoisotopic (exact) mass is 396 g/mol. The quantitative estimate of drug-likeness (QED) is 0.412. The number of benzene rings is 2. The van der Waals surface area contributed by atoms with Crippen LogP contribution in [0.3, 0.4) is 0 Å². The van der Waals surface area contributed by atoms with Gasteiger partial charge >= 0.3 is 10.4 Å². The van der Waals surface area contributed by atoms with Gasteiger partial charge in [-0.25, -0.2) is 0 Å². The maximum atomic E-state index is 9.33. The van der Waals surface area contributed by atoms with E-state index in [-0.39, 0.29) is 0 Å². The first-order valence-corrected chi connectivity index (χ1v) is 10.1. The number of hydrogen-bond donors (Lipinski definition) is 1. The molecule has 0 amide bonds. The second kappa shape index (κ2) is 8.59. The van der Waals surface area contributed by atoms with Gasteiger partial charge in [0.05, 0.1) is 31.4 Å². The zero-order chi connectivity index (χ0) is 19.3. The SMILES string of the molecule is CC[n+]1c(/C=C(\C)OC)sc2ccc3ccccc3c21.COS(=O)(=O)O. The third-order valence-corrected chi connectivity index (χ3v) is 5.31. The average Bonchev–Trinajstić information content (AvgIpc) is 2.98. The Bertz CT molecular complexity index is 1040. The van der Waals surface area contributed by atoms with Crippen molar-refractivity contribution in [2.24, 2.45) is 0 Å². The van der Waals surface area contributed by atoms with Crippen LogP contribution in [0.25, 0.3) is 27.1 Å². The van der Waals surface area contributed by atoms with Gasteiger partial charge in [-0.05, 0) is 31.4 Å². The molecule has 140 valence electrons. The Hall–Kier alpha value is -2.00. The van der Waals surface area contributed by atoms with Crippen molar-refractivity contribution in [3.05, 3.63) is 47.2 Å². The largest absolute Gasteiger partial charge is 0.501 e. The number of rotatable bonds is 4. The molecule has 0 atom stereocenters. The molecule has 3 rings (SSSR count). The summed E-state index contributed by atoms with van der Waals surface area (Å²) < 4.78 is 38.7. The van der Waals surface area contributed by atoms with Crippen LogP contribution in [0, 0.1) is 0 Å². The van der Waals surface area contributed by atoms with Gasteiger partial charge in [0, 0.05) is 0 Å². The van der Waals surface area contributed by atoms with Gasteiger partial charge in [0.1, 0.15) is 11.2 Å². The summed E-state index contributed by atoms with van der Waals surface area (Å²) in [4.78, 5) is 0. The van der Waals surface area contributed by atoms with Crippen LogP contribution in [0.1, 0.15) is 18.9 Å². The maximum absolute atomic E-state index is 9.33. The van der Waals surface area contributed by atoms with Crippen molar-refractivity contribution in [1.29, 1.82) is 0 Å². The van der Waals surface area contributed by atoms with Crippen LogP contribution < -0.4 is 4.57 Å². The van der Waals surface area contributed by atoms with Crippen LogP contribution in [0.4, 0.5) is 0 Å². The molecular formula is C18H22NO5S2+. The Kier molecular flexibility index (Phi) is 6.71. The Morgan fingerprint density at radius 1 is 1.23 bits per heavy atom. The molecule has 0 aliphatic carbocycles. The Balaban J connectivity index is 0.000000352. The first kappa shape index (κ1) is 20.3. The topological polar surface area (TPSA) is 76.7 Å². The third-order valence-electron chi connectivity index (χ3n) is 3.79. The van der Waals surface area contributed by atoms with Gasteiger partial charge in [-0.3, -0.25) is 8.74 Å². The Morgan fingerprint density at radius 3 is 2.46 bits per heavy atom. The number of methoxy groups -OCH3 is 1. The lowest BCUT2D eigenvalue weighted by Crippen LogP contribution is -2.33. The zero-order valence-electron chi connectivity index (χ0n) is 15.1. The standard InChI is InChI=1S/C17H18NOS.CH4O4S/c1-4-18-16(11-12(2)19-3)20-15-10-9-13-7-5-6-8-14(13)17(15)18;1-5-6(2,3)4/h5-11H,4H2,1-3H3;1H3,(H,2,3,4)/q+1;/b12-11+;. The highest BCUT2D eigenvalue weighted by Crippen LogP contribution is 2.29. The van der Waals surface area contributed by atoms with E-state index in [1.54, 1.807) is 7.11 Å². The molecule has 6 nitrogen and oxygen atoms in total. The molecule has 0 aliphatic rings. The summed E-state index contributed by atoms with van der Waals surface area (Å²) in [5, 5.41) is 3.84. The number of aryl methyl sites for hydroxylation is 1. The molecule has 2 aromatic carbocycles. The molecule has 0 fully saturated rings. The van der Waals surface area contributed by atoms with E-state index in [1.165, 1.54) is 26.0 Å². The van der Waals surface area contributed by atoms with E-state index in [4.69, 9.17) is 9.29 Å². The van der Waals surface area contributed by atoms with Crippen molar-refractivity contribution in [1.82, 2.24) is 0 Å². The smallest absolute Gasteiger partial charge is 0.397 e. The number of hydrogen-bond acceptors (Lipinski definition) is 5. The number of allylic oxidation sites excluding steroid dienone is 1. The minimum Gasteiger partial charge on any atom is -0.501 e. The van der Waals surface area contributed by atoms with Gasteiger partial charge in [-0.15, -0.1) is 0 Å². The van der Waals surface area contributed by atoms with Gasteiger partial charge in [0.2, 0.25) is 5.52 Å². The highest BCUT2D eigenvalue weighted by Gasteiger charge is 2.20. The molecule has 26 heavy (non-hydrogen) atoms. The van der Waals surface area contributed by atoms with E-state index < -0.39 is 10.4 Å². The molecule has 0 bridgehead atoms. The van der Waals surface area contributed by atoms with Crippen molar-refractivity contribution in [2.45, 2.75) is 20.4 Å². The zero-order valence-corrected chi connectivity index (χ0v) is 16.7. The fourth-order valence-electron chi connectivity index (χ4n) is 2.53. The molecule has 0 aliphatic heterocycles. The lowest BCUT2D eigenvalue weighted by molar-refractivity contribution is -0.664. The lowest BCUT2D eigenvalue weighted by Gasteiger charge is -1.98. The van der Waals surface area contributed by atoms with Gasteiger partial charge in [-0.1, -0.05) is 35.6 Å². The molecule has 3 aromatic rings. The lowest BCUT2D eigenvalue weighted by atomic mass is 10.1. The Morgan fingerprint density at radius 2 is 1.88 bits per heavy atom. The molecule has 0 radical (unpaired) electrons.